The molecule has 0 fully saturated rings. The van der Waals surface area contributed by atoms with Gasteiger partial charge in [-0.25, -0.2) is 21.1 Å². The van der Waals surface area contributed by atoms with E-state index in [4.69, 9.17) is 11.6 Å². The van der Waals surface area contributed by atoms with Crippen molar-refractivity contribution in [3.8, 4) is 0 Å². The summed E-state index contributed by atoms with van der Waals surface area (Å²) in [5.74, 6) is 0.407. The number of benzene rings is 1. The Balaban J connectivity index is 2.80. The van der Waals surface area contributed by atoms with Crippen molar-refractivity contribution in [2.45, 2.75) is 17.7 Å². The Hall–Kier alpha value is -0.830. The zero-order chi connectivity index (χ0) is 16.1. The fourth-order valence-corrected chi connectivity index (χ4v) is 3.79. The van der Waals surface area contributed by atoms with Crippen LogP contribution in [0.5, 0.6) is 0 Å². The monoisotopic (exact) mass is 354 g/mol. The van der Waals surface area contributed by atoms with Gasteiger partial charge in [0.1, 0.15) is 0 Å². The second-order valence-electron chi connectivity index (χ2n) is 4.63. The van der Waals surface area contributed by atoms with Crippen LogP contribution in [0.4, 0.5) is 5.69 Å². The van der Waals surface area contributed by atoms with Gasteiger partial charge in [0.15, 0.2) is 0 Å². The van der Waals surface area contributed by atoms with Gasteiger partial charge in [0.25, 0.3) is 0 Å². The van der Waals surface area contributed by atoms with E-state index >= 15 is 0 Å². The fourth-order valence-electron chi connectivity index (χ4n) is 1.52. The van der Waals surface area contributed by atoms with Crippen LogP contribution in [0.25, 0.3) is 0 Å². The van der Waals surface area contributed by atoms with Crippen LogP contribution in [0, 0.1) is 0 Å². The van der Waals surface area contributed by atoms with Gasteiger partial charge < -0.3 is 0 Å². The van der Waals surface area contributed by atoms with E-state index in [1.807, 2.05) is 0 Å². The van der Waals surface area contributed by atoms with Gasteiger partial charge in [-0.15, -0.1) is 11.6 Å². The number of halogens is 1. The summed E-state index contributed by atoms with van der Waals surface area (Å²) >= 11 is 5.50. The van der Waals surface area contributed by atoms with Gasteiger partial charge in [0, 0.05) is 25.7 Å². The van der Waals surface area contributed by atoms with Crippen LogP contribution in [-0.4, -0.2) is 46.9 Å². The maximum Gasteiger partial charge on any atom is 0.242 e. The summed E-state index contributed by atoms with van der Waals surface area (Å²) in [5, 5.41) is 0. The molecular formula is C12H19ClN2O4S2. The van der Waals surface area contributed by atoms with E-state index in [1.165, 1.54) is 38.4 Å². The molecule has 6 nitrogen and oxygen atoms in total. The number of unbranched alkanes of at least 4 members (excludes halogenated alkanes) is 1. The molecule has 9 heteroatoms. The minimum absolute atomic E-state index is 0.0164. The Morgan fingerprint density at radius 3 is 2.10 bits per heavy atom. The van der Waals surface area contributed by atoms with E-state index < -0.39 is 20.0 Å². The Morgan fingerprint density at radius 2 is 1.62 bits per heavy atom. The Morgan fingerprint density at radius 1 is 1.05 bits per heavy atom. The highest BCUT2D eigenvalue weighted by molar-refractivity contribution is 7.92. The van der Waals surface area contributed by atoms with Gasteiger partial charge in [0.05, 0.1) is 10.6 Å². The summed E-state index contributed by atoms with van der Waals surface area (Å²) in [6, 6.07) is 5.59. The molecule has 1 N–H and O–H groups in total. The Kier molecular flexibility index (Phi) is 6.45. The maximum absolute atomic E-state index is 11.9. The van der Waals surface area contributed by atoms with Crippen molar-refractivity contribution in [1.29, 1.82) is 0 Å². The average molecular weight is 355 g/mol. The van der Waals surface area contributed by atoms with Crippen molar-refractivity contribution >= 4 is 37.3 Å². The van der Waals surface area contributed by atoms with Crippen molar-refractivity contribution in [2.75, 3.05) is 30.5 Å². The Labute approximate surface area is 131 Å². The van der Waals surface area contributed by atoms with Gasteiger partial charge in [-0.2, -0.15) is 0 Å². The number of hydrogen-bond acceptors (Lipinski definition) is 4. The lowest BCUT2D eigenvalue weighted by Gasteiger charge is -2.12. The molecule has 1 rings (SSSR count). The predicted molar refractivity (Wildman–Crippen MR) is 84.7 cm³/mol. The summed E-state index contributed by atoms with van der Waals surface area (Å²) in [6.45, 7) is 0. The molecule has 1 aromatic carbocycles. The molecule has 120 valence electrons. The standard InChI is InChI=1S/C12H19ClN2O4S2/c1-15(2)21(18,19)12-7-5-11(6-8-12)14-20(16,17)10-4-3-9-13/h5-8,14H,3-4,9-10H2,1-2H3. The van der Waals surface area contributed by atoms with E-state index in [2.05, 4.69) is 4.72 Å². The minimum atomic E-state index is -3.51. The zero-order valence-electron chi connectivity index (χ0n) is 11.9. The van der Waals surface area contributed by atoms with Crippen LogP contribution in [-0.2, 0) is 20.0 Å². The zero-order valence-corrected chi connectivity index (χ0v) is 14.3. The van der Waals surface area contributed by atoms with Crippen LogP contribution in [0.15, 0.2) is 29.2 Å². The second kappa shape index (κ2) is 7.44. The quantitative estimate of drug-likeness (QED) is 0.569. The number of rotatable bonds is 8. The third-order valence-corrected chi connectivity index (χ3v) is 6.17. The Bertz CT molecular complexity index is 655. The number of hydrogen-bond donors (Lipinski definition) is 1. The largest absolute Gasteiger partial charge is 0.284 e. The molecule has 0 spiro atoms. The van der Waals surface area contributed by atoms with E-state index in [0.717, 1.165) is 4.31 Å². The molecule has 0 aromatic heterocycles. The molecule has 0 aliphatic heterocycles. The first-order chi connectivity index (χ1) is 9.69. The normalized spacial score (nSPS) is 12.6. The lowest BCUT2D eigenvalue weighted by atomic mass is 10.3. The first-order valence-electron chi connectivity index (χ1n) is 6.28. The highest BCUT2D eigenvalue weighted by Gasteiger charge is 2.17. The number of alkyl halides is 1. The number of anilines is 1. The molecule has 0 radical (unpaired) electrons. The van der Waals surface area contributed by atoms with Gasteiger partial charge in [-0.05, 0) is 37.1 Å². The maximum atomic E-state index is 11.9. The lowest BCUT2D eigenvalue weighted by molar-refractivity contribution is 0.521. The minimum Gasteiger partial charge on any atom is -0.284 e. The summed E-state index contributed by atoms with van der Waals surface area (Å²) in [4.78, 5) is 0.109. The molecular weight excluding hydrogens is 336 g/mol. The molecule has 0 heterocycles. The van der Waals surface area contributed by atoms with E-state index in [1.54, 1.807) is 0 Å². The molecule has 0 unspecified atom stereocenters. The SMILES string of the molecule is CN(C)S(=O)(=O)c1ccc(NS(=O)(=O)CCCCCl)cc1. The summed E-state index contributed by atoms with van der Waals surface area (Å²) in [5.41, 5.74) is 0.332. The fraction of sp³-hybridized carbons (Fsp3) is 0.500. The number of nitrogens with zero attached hydrogens (tertiary/aromatic N) is 1. The van der Waals surface area contributed by atoms with Crippen LogP contribution < -0.4 is 4.72 Å². The molecule has 1 aromatic rings. The molecule has 0 amide bonds. The van der Waals surface area contributed by atoms with Crippen molar-refractivity contribution in [3.05, 3.63) is 24.3 Å². The smallest absolute Gasteiger partial charge is 0.242 e. The molecule has 0 saturated heterocycles. The first kappa shape index (κ1) is 18.2. The summed E-state index contributed by atoms with van der Waals surface area (Å²) < 4.78 is 50.8. The topological polar surface area (TPSA) is 83.6 Å². The van der Waals surface area contributed by atoms with Crippen molar-refractivity contribution in [2.24, 2.45) is 0 Å². The molecule has 0 atom stereocenters. The molecule has 0 saturated carbocycles. The highest BCUT2D eigenvalue weighted by Crippen LogP contribution is 2.17. The van der Waals surface area contributed by atoms with Crippen LogP contribution in [0.2, 0.25) is 0 Å². The third-order valence-electron chi connectivity index (χ3n) is 2.70. The van der Waals surface area contributed by atoms with E-state index in [0.29, 0.717) is 24.4 Å². The van der Waals surface area contributed by atoms with Gasteiger partial charge in [-0.1, -0.05) is 0 Å². The van der Waals surface area contributed by atoms with E-state index in [-0.39, 0.29) is 10.6 Å². The average Bonchev–Trinajstić information content (AvgIpc) is 2.38. The summed E-state index contributed by atoms with van der Waals surface area (Å²) in [6.07, 6.45) is 1.11. The van der Waals surface area contributed by atoms with Crippen LogP contribution in [0.3, 0.4) is 0 Å². The number of nitrogens with one attached hydrogen (secondary N) is 1. The van der Waals surface area contributed by atoms with Gasteiger partial charge in [-0.3, -0.25) is 4.72 Å². The lowest BCUT2D eigenvalue weighted by Crippen LogP contribution is -2.22. The van der Waals surface area contributed by atoms with Crippen molar-refractivity contribution < 1.29 is 16.8 Å². The van der Waals surface area contributed by atoms with Crippen molar-refractivity contribution in [1.82, 2.24) is 4.31 Å². The van der Waals surface area contributed by atoms with E-state index in [9.17, 15) is 16.8 Å². The van der Waals surface area contributed by atoms with Gasteiger partial charge >= 0.3 is 0 Å². The highest BCUT2D eigenvalue weighted by atomic mass is 35.5. The first-order valence-corrected chi connectivity index (χ1v) is 9.91. The second-order valence-corrected chi connectivity index (χ2v) is 9.00. The third kappa shape index (κ3) is 5.46. The van der Waals surface area contributed by atoms with Crippen LogP contribution >= 0.6 is 11.6 Å². The van der Waals surface area contributed by atoms with Crippen LogP contribution in [0.1, 0.15) is 12.8 Å². The van der Waals surface area contributed by atoms with Crippen molar-refractivity contribution in [3.63, 3.8) is 0 Å². The summed E-state index contributed by atoms with van der Waals surface area (Å²) in [7, 11) is -4.09. The molecule has 21 heavy (non-hydrogen) atoms. The van der Waals surface area contributed by atoms with Gasteiger partial charge in [0.2, 0.25) is 20.0 Å². The molecule has 0 aliphatic rings. The molecule has 0 bridgehead atoms. The molecule has 0 aliphatic carbocycles. The predicted octanol–water partition coefficient (Wildman–Crippen LogP) is 1.70. The number of sulfonamides is 2.